The second-order valence-corrected chi connectivity index (χ2v) is 9.71. The Kier molecular flexibility index (Phi) is 6.83. The Bertz CT molecular complexity index is 916. The Labute approximate surface area is 171 Å². The van der Waals surface area contributed by atoms with E-state index in [4.69, 9.17) is 0 Å². The zero-order valence-corrected chi connectivity index (χ0v) is 17.7. The van der Waals surface area contributed by atoms with E-state index in [1.807, 2.05) is 22.4 Å². The Morgan fingerprint density at radius 3 is 2.54 bits per heavy atom. The predicted octanol–water partition coefficient (Wildman–Crippen LogP) is 1.33. The number of hydrogen-bond acceptors (Lipinski definition) is 8. The molecule has 3 heterocycles. The maximum atomic E-state index is 12.5. The number of thiophene rings is 2. The first-order valence-electron chi connectivity index (χ1n) is 8.63. The van der Waals surface area contributed by atoms with Gasteiger partial charge in [0.25, 0.3) is 5.91 Å². The molecular formula is C17H21N3O5S3. The van der Waals surface area contributed by atoms with Crippen molar-refractivity contribution < 1.29 is 22.7 Å². The van der Waals surface area contributed by atoms with Crippen LogP contribution >= 0.6 is 22.7 Å². The Balaban J connectivity index is 1.48. The van der Waals surface area contributed by atoms with Crippen molar-refractivity contribution in [3.63, 3.8) is 0 Å². The molecule has 0 spiro atoms. The molecule has 3 rings (SSSR count). The molecule has 0 aliphatic carbocycles. The maximum absolute atomic E-state index is 12.5. The molecule has 152 valence electrons. The van der Waals surface area contributed by atoms with Gasteiger partial charge in [0.15, 0.2) is 0 Å². The van der Waals surface area contributed by atoms with Crippen LogP contribution in [0.4, 0.5) is 0 Å². The fraction of sp³-hybridized carbons (Fsp3) is 0.412. The van der Waals surface area contributed by atoms with Gasteiger partial charge in [0.1, 0.15) is 9.77 Å². The highest BCUT2D eigenvalue weighted by atomic mass is 32.2. The van der Waals surface area contributed by atoms with Gasteiger partial charge in [-0.05, 0) is 22.9 Å². The van der Waals surface area contributed by atoms with Crippen LogP contribution in [-0.4, -0.2) is 76.5 Å². The second kappa shape index (κ2) is 9.14. The van der Waals surface area contributed by atoms with Gasteiger partial charge in [-0.25, -0.2) is 17.9 Å². The average Bonchev–Trinajstić information content (AvgIpc) is 3.39. The Morgan fingerprint density at radius 2 is 1.89 bits per heavy atom. The molecule has 1 fully saturated rings. The molecule has 0 unspecified atom stereocenters. The van der Waals surface area contributed by atoms with Gasteiger partial charge >= 0.3 is 5.97 Å². The first kappa shape index (κ1) is 20.9. The molecule has 1 amide bonds. The largest absolute Gasteiger partial charge is 0.465 e. The summed E-state index contributed by atoms with van der Waals surface area (Å²) in [4.78, 5) is 28.7. The second-order valence-electron chi connectivity index (χ2n) is 6.11. The number of sulfonamides is 1. The van der Waals surface area contributed by atoms with E-state index in [-0.39, 0.29) is 22.2 Å². The number of esters is 1. The minimum absolute atomic E-state index is 0.0446. The number of ether oxygens (including phenoxy) is 1. The van der Waals surface area contributed by atoms with Crippen molar-refractivity contribution in [3.8, 4) is 0 Å². The van der Waals surface area contributed by atoms with Crippen molar-refractivity contribution in [3.05, 3.63) is 38.7 Å². The highest BCUT2D eigenvalue weighted by Gasteiger charge is 2.26. The molecule has 0 bridgehead atoms. The van der Waals surface area contributed by atoms with Gasteiger partial charge in [0.2, 0.25) is 10.0 Å². The molecule has 1 saturated heterocycles. The molecule has 0 aromatic carbocycles. The van der Waals surface area contributed by atoms with Gasteiger partial charge in [-0.3, -0.25) is 9.69 Å². The third kappa shape index (κ3) is 4.78. The molecular weight excluding hydrogens is 422 g/mol. The van der Waals surface area contributed by atoms with Gasteiger partial charge in [-0.15, -0.1) is 22.7 Å². The lowest BCUT2D eigenvalue weighted by molar-refractivity contribution is 0.0600. The third-order valence-electron chi connectivity index (χ3n) is 4.40. The summed E-state index contributed by atoms with van der Waals surface area (Å²) in [5, 5.41) is 3.43. The number of nitrogens with one attached hydrogen (secondary N) is 1. The molecule has 0 saturated carbocycles. The first-order chi connectivity index (χ1) is 13.4. The number of piperazine rings is 1. The van der Waals surface area contributed by atoms with E-state index in [2.05, 4.69) is 14.4 Å². The minimum Gasteiger partial charge on any atom is -0.465 e. The number of hydrogen-bond donors (Lipinski definition) is 1. The van der Waals surface area contributed by atoms with Crippen LogP contribution in [0.25, 0.3) is 0 Å². The van der Waals surface area contributed by atoms with Crippen molar-refractivity contribution >= 4 is 44.6 Å². The predicted molar refractivity (Wildman–Crippen MR) is 108 cm³/mol. The van der Waals surface area contributed by atoms with Crippen molar-refractivity contribution in [2.75, 3.05) is 46.4 Å². The summed E-state index contributed by atoms with van der Waals surface area (Å²) < 4.78 is 32.1. The average molecular weight is 444 g/mol. The van der Waals surface area contributed by atoms with Gasteiger partial charge in [0.05, 0.1) is 12.0 Å². The summed E-state index contributed by atoms with van der Waals surface area (Å²) in [7, 11) is -2.57. The number of carbonyl (C=O) groups excluding carboxylic acids is 2. The lowest BCUT2D eigenvalue weighted by Gasteiger charge is -2.34. The normalized spacial score (nSPS) is 15.5. The Hall–Kier alpha value is -1.79. The highest BCUT2D eigenvalue weighted by Crippen LogP contribution is 2.22. The summed E-state index contributed by atoms with van der Waals surface area (Å²) in [6.45, 7) is 3.34. The van der Waals surface area contributed by atoms with Gasteiger partial charge in [0, 0.05) is 39.3 Å². The number of rotatable bonds is 7. The molecule has 28 heavy (non-hydrogen) atoms. The summed E-state index contributed by atoms with van der Waals surface area (Å²) in [6.07, 6.45) is 0. The molecule has 2 aromatic heterocycles. The molecule has 11 heteroatoms. The standard InChI is InChI=1S/C17H21N3O5S3/c1-25-17(22)15-14(4-12-27-15)28(23,24)18-5-6-19-7-9-20(10-8-19)16(21)13-3-2-11-26-13/h2-4,11-12,18H,5-10H2,1H3. The lowest BCUT2D eigenvalue weighted by atomic mass is 10.3. The van der Waals surface area contributed by atoms with Crippen molar-refractivity contribution in [2.45, 2.75) is 4.90 Å². The van der Waals surface area contributed by atoms with E-state index in [9.17, 15) is 18.0 Å². The van der Waals surface area contributed by atoms with E-state index in [0.717, 1.165) is 16.2 Å². The summed E-state index contributed by atoms with van der Waals surface area (Å²) >= 11 is 2.46. The summed E-state index contributed by atoms with van der Waals surface area (Å²) in [5.74, 6) is -0.620. The van der Waals surface area contributed by atoms with Crippen LogP contribution in [0.1, 0.15) is 19.3 Å². The van der Waals surface area contributed by atoms with Gasteiger partial charge in [-0.1, -0.05) is 6.07 Å². The number of carbonyl (C=O) groups is 2. The van der Waals surface area contributed by atoms with Crippen LogP contribution in [0.2, 0.25) is 0 Å². The van der Waals surface area contributed by atoms with Crippen molar-refractivity contribution in [2.24, 2.45) is 0 Å². The number of nitrogens with zero attached hydrogens (tertiary/aromatic N) is 2. The van der Waals surface area contributed by atoms with Crippen molar-refractivity contribution in [1.82, 2.24) is 14.5 Å². The van der Waals surface area contributed by atoms with Crippen LogP contribution in [0.15, 0.2) is 33.9 Å². The fourth-order valence-electron chi connectivity index (χ4n) is 2.90. The fourth-order valence-corrected chi connectivity index (χ4v) is 5.94. The van der Waals surface area contributed by atoms with Gasteiger partial charge in [-0.2, -0.15) is 0 Å². The summed E-state index contributed by atoms with van der Waals surface area (Å²) in [6, 6.07) is 5.08. The number of amides is 1. The van der Waals surface area contributed by atoms with Crippen LogP contribution in [0, 0.1) is 0 Å². The van der Waals surface area contributed by atoms with Gasteiger partial charge < -0.3 is 9.64 Å². The molecule has 1 aliphatic rings. The van der Waals surface area contributed by atoms with E-state index >= 15 is 0 Å². The quantitative estimate of drug-likeness (QED) is 0.649. The van der Waals surface area contributed by atoms with E-state index in [1.54, 1.807) is 5.38 Å². The van der Waals surface area contributed by atoms with Crippen LogP contribution in [0.3, 0.4) is 0 Å². The van der Waals surface area contributed by atoms with Crippen LogP contribution in [-0.2, 0) is 14.8 Å². The summed E-state index contributed by atoms with van der Waals surface area (Å²) in [5.41, 5.74) is 0. The molecule has 1 N–H and O–H groups in total. The molecule has 2 aromatic rings. The topological polar surface area (TPSA) is 96.0 Å². The third-order valence-corrected chi connectivity index (χ3v) is 7.79. The highest BCUT2D eigenvalue weighted by molar-refractivity contribution is 7.89. The molecule has 0 radical (unpaired) electrons. The zero-order chi connectivity index (χ0) is 20.1. The van der Waals surface area contributed by atoms with Crippen LogP contribution in [0.5, 0.6) is 0 Å². The smallest absolute Gasteiger partial charge is 0.349 e. The minimum atomic E-state index is -3.79. The SMILES string of the molecule is COC(=O)c1sccc1S(=O)(=O)NCCN1CCN(C(=O)c2cccs2)CC1. The monoisotopic (exact) mass is 443 g/mol. The molecule has 0 atom stereocenters. The van der Waals surface area contributed by atoms with E-state index in [0.29, 0.717) is 32.7 Å². The maximum Gasteiger partial charge on any atom is 0.349 e. The molecule has 8 nitrogen and oxygen atoms in total. The van der Waals surface area contributed by atoms with Crippen LogP contribution < -0.4 is 4.72 Å². The molecule has 1 aliphatic heterocycles. The van der Waals surface area contributed by atoms with Crippen molar-refractivity contribution in [1.29, 1.82) is 0 Å². The lowest BCUT2D eigenvalue weighted by Crippen LogP contribution is -2.50. The first-order valence-corrected chi connectivity index (χ1v) is 11.9. The van der Waals surface area contributed by atoms with E-state index < -0.39 is 16.0 Å². The Morgan fingerprint density at radius 1 is 1.14 bits per heavy atom. The van der Waals surface area contributed by atoms with E-state index in [1.165, 1.54) is 24.5 Å². The zero-order valence-electron chi connectivity index (χ0n) is 15.3. The number of methoxy groups -OCH3 is 1.